The van der Waals surface area contributed by atoms with Gasteiger partial charge in [-0.25, -0.2) is 9.18 Å². The minimum absolute atomic E-state index is 0.0101. The van der Waals surface area contributed by atoms with Gasteiger partial charge in [-0.1, -0.05) is 28.1 Å². The van der Waals surface area contributed by atoms with Crippen LogP contribution in [0.15, 0.2) is 46.9 Å². The summed E-state index contributed by atoms with van der Waals surface area (Å²) in [6, 6.07) is 10.2. The highest BCUT2D eigenvalue weighted by molar-refractivity contribution is 9.10. The molecule has 1 aliphatic heterocycles. The standard InChI is InChI=1S/C26H28BrF4N3O2/c27-17-3-1-2-16(12-17)25-8-6-23(21(25)14-25)34(11-10-33-9-7-19(35)15-33)24(36)32-18-4-5-22(28)20(13-18)26(29,30)31/h1-5,12-13,19,21,23,35H,6-11,14-15H2,(H,32,36)/t19-,21-,23-,25-/m1/s1. The van der Waals surface area contributed by atoms with E-state index in [2.05, 4.69) is 38.3 Å². The molecule has 1 heterocycles. The van der Waals surface area contributed by atoms with Gasteiger partial charge in [-0.2, -0.15) is 13.2 Å². The summed E-state index contributed by atoms with van der Waals surface area (Å²) in [4.78, 5) is 17.3. The zero-order valence-corrected chi connectivity index (χ0v) is 21.2. The predicted molar refractivity (Wildman–Crippen MR) is 131 cm³/mol. The average molecular weight is 570 g/mol. The fraction of sp³-hybridized carbons (Fsp3) is 0.500. The molecule has 2 aromatic rings. The average Bonchev–Trinajstić information content (AvgIpc) is 3.22. The molecule has 2 amide bonds. The van der Waals surface area contributed by atoms with Crippen LogP contribution in [0, 0.1) is 11.7 Å². The Kier molecular flexibility index (Phi) is 6.80. The molecule has 5 nitrogen and oxygen atoms in total. The Balaban J connectivity index is 1.35. The number of aliphatic hydroxyl groups is 1. The van der Waals surface area contributed by atoms with E-state index in [0.717, 1.165) is 42.4 Å². The number of carbonyl (C=O) groups is 1. The third-order valence-electron chi connectivity index (χ3n) is 7.97. The number of hydrogen-bond donors (Lipinski definition) is 2. The van der Waals surface area contributed by atoms with Crippen molar-refractivity contribution in [3.05, 3.63) is 63.9 Å². The molecule has 5 rings (SSSR count). The number of likely N-dealkylation sites (tertiary alicyclic amines) is 1. The van der Waals surface area contributed by atoms with Crippen LogP contribution < -0.4 is 5.32 Å². The van der Waals surface area contributed by atoms with Crippen molar-refractivity contribution >= 4 is 27.6 Å². The normalized spacial score (nSPS) is 27.7. The Labute approximate surface area is 215 Å². The number of aliphatic hydroxyl groups excluding tert-OH is 1. The number of hydrogen-bond acceptors (Lipinski definition) is 3. The van der Waals surface area contributed by atoms with Crippen molar-refractivity contribution < 1.29 is 27.5 Å². The Morgan fingerprint density at radius 1 is 1.22 bits per heavy atom. The molecule has 2 aromatic carbocycles. The topological polar surface area (TPSA) is 55.8 Å². The molecule has 3 aliphatic rings. The molecule has 10 heteroatoms. The number of halogens is 5. The number of amides is 2. The van der Waals surface area contributed by atoms with Crippen molar-refractivity contribution in [2.75, 3.05) is 31.5 Å². The van der Waals surface area contributed by atoms with Gasteiger partial charge in [0.1, 0.15) is 5.82 Å². The van der Waals surface area contributed by atoms with E-state index < -0.39 is 23.6 Å². The number of β-amino-alcohol motifs (C(OH)–C–C–N with tert-alkyl or cyclic N) is 1. The van der Waals surface area contributed by atoms with E-state index in [9.17, 15) is 27.5 Å². The fourth-order valence-electron chi connectivity index (χ4n) is 6.08. The van der Waals surface area contributed by atoms with Crippen molar-refractivity contribution in [1.82, 2.24) is 9.80 Å². The van der Waals surface area contributed by atoms with Crippen molar-refractivity contribution in [2.45, 2.75) is 49.4 Å². The van der Waals surface area contributed by atoms with Gasteiger partial charge in [0.15, 0.2) is 0 Å². The van der Waals surface area contributed by atoms with Gasteiger partial charge in [0.2, 0.25) is 0 Å². The van der Waals surface area contributed by atoms with Gasteiger partial charge in [-0.05, 0) is 67.5 Å². The van der Waals surface area contributed by atoms with Crippen LogP contribution in [0.5, 0.6) is 0 Å². The number of alkyl halides is 3. The third kappa shape index (κ3) is 4.99. The first-order valence-electron chi connectivity index (χ1n) is 12.2. The molecule has 1 saturated heterocycles. The molecule has 3 fully saturated rings. The molecule has 4 atom stereocenters. The van der Waals surface area contributed by atoms with Gasteiger partial charge in [0.25, 0.3) is 0 Å². The van der Waals surface area contributed by atoms with Gasteiger partial charge in [0.05, 0.1) is 11.7 Å². The summed E-state index contributed by atoms with van der Waals surface area (Å²) in [5.41, 5.74) is -0.256. The second-order valence-corrected chi connectivity index (χ2v) is 11.1. The van der Waals surface area contributed by atoms with Crippen LogP contribution in [-0.2, 0) is 11.6 Å². The van der Waals surface area contributed by atoms with Crippen LogP contribution in [0.4, 0.5) is 28.0 Å². The maximum atomic E-state index is 13.7. The van der Waals surface area contributed by atoms with Gasteiger partial charge < -0.3 is 15.3 Å². The van der Waals surface area contributed by atoms with Crippen LogP contribution in [0.2, 0.25) is 0 Å². The monoisotopic (exact) mass is 569 g/mol. The molecule has 0 unspecified atom stereocenters. The molecule has 36 heavy (non-hydrogen) atoms. The zero-order valence-electron chi connectivity index (χ0n) is 19.6. The molecule has 2 saturated carbocycles. The molecular formula is C26H28BrF4N3O2. The van der Waals surface area contributed by atoms with Crippen molar-refractivity contribution in [3.63, 3.8) is 0 Å². The Bertz CT molecular complexity index is 1150. The number of rotatable bonds is 6. The minimum atomic E-state index is -4.86. The number of anilines is 1. The summed E-state index contributed by atoms with van der Waals surface area (Å²) in [7, 11) is 0. The first-order valence-corrected chi connectivity index (χ1v) is 13.0. The molecule has 0 aromatic heterocycles. The molecule has 0 bridgehead atoms. The highest BCUT2D eigenvalue weighted by atomic mass is 79.9. The largest absolute Gasteiger partial charge is 0.419 e. The fourth-order valence-corrected chi connectivity index (χ4v) is 6.48. The number of carbonyl (C=O) groups excluding carboxylic acids is 1. The zero-order chi connectivity index (χ0) is 25.7. The van der Waals surface area contributed by atoms with Crippen LogP contribution in [0.1, 0.15) is 36.8 Å². The van der Waals surface area contributed by atoms with Crippen LogP contribution >= 0.6 is 15.9 Å². The summed E-state index contributed by atoms with van der Waals surface area (Å²) < 4.78 is 54.3. The van der Waals surface area contributed by atoms with E-state index in [-0.39, 0.29) is 29.2 Å². The highest BCUT2D eigenvalue weighted by Gasteiger charge is 2.64. The number of fused-ring (bicyclic) bond motifs is 1. The maximum Gasteiger partial charge on any atom is 0.419 e. The lowest BCUT2D eigenvalue weighted by atomic mass is 9.93. The van der Waals surface area contributed by atoms with Crippen LogP contribution in [0.25, 0.3) is 0 Å². The van der Waals surface area contributed by atoms with Gasteiger partial charge in [-0.15, -0.1) is 0 Å². The number of nitrogens with zero attached hydrogens (tertiary/aromatic N) is 2. The summed E-state index contributed by atoms with van der Waals surface area (Å²) in [5, 5.41) is 12.5. The maximum absolute atomic E-state index is 13.7. The van der Waals surface area contributed by atoms with Crippen LogP contribution in [0.3, 0.4) is 0 Å². The lowest BCUT2D eigenvalue weighted by molar-refractivity contribution is -0.139. The van der Waals surface area contributed by atoms with Gasteiger partial charge >= 0.3 is 12.2 Å². The Morgan fingerprint density at radius 3 is 2.69 bits per heavy atom. The summed E-state index contributed by atoms with van der Waals surface area (Å²) >= 11 is 3.54. The van der Waals surface area contributed by atoms with E-state index in [1.54, 1.807) is 4.90 Å². The first-order chi connectivity index (χ1) is 17.1. The molecule has 2 aliphatic carbocycles. The van der Waals surface area contributed by atoms with E-state index in [1.165, 1.54) is 5.56 Å². The Hall–Kier alpha value is -2.17. The van der Waals surface area contributed by atoms with Crippen molar-refractivity contribution in [2.24, 2.45) is 5.92 Å². The summed E-state index contributed by atoms with van der Waals surface area (Å²) in [6.07, 6.45) is -1.88. The van der Waals surface area contributed by atoms with E-state index in [0.29, 0.717) is 32.1 Å². The van der Waals surface area contributed by atoms with Crippen LogP contribution in [-0.4, -0.2) is 59.3 Å². The smallest absolute Gasteiger partial charge is 0.392 e. The van der Waals surface area contributed by atoms with Gasteiger partial charge in [0, 0.05) is 47.8 Å². The van der Waals surface area contributed by atoms with E-state index in [4.69, 9.17) is 0 Å². The van der Waals surface area contributed by atoms with E-state index >= 15 is 0 Å². The lowest BCUT2D eigenvalue weighted by Crippen LogP contribution is -2.47. The first kappa shape index (κ1) is 25.5. The Morgan fingerprint density at radius 2 is 2.03 bits per heavy atom. The minimum Gasteiger partial charge on any atom is -0.392 e. The second-order valence-electron chi connectivity index (χ2n) is 10.1. The number of benzene rings is 2. The SMILES string of the molecule is O=C(Nc1ccc(F)c(C(F)(F)F)c1)N(CCN1CC[C@@H](O)C1)[C@@H]1CC[C@]2(c3cccc(Br)c3)C[C@H]12. The number of nitrogens with one attached hydrogen (secondary N) is 1. The molecule has 194 valence electrons. The molecule has 0 radical (unpaired) electrons. The molecular weight excluding hydrogens is 542 g/mol. The number of urea groups is 1. The predicted octanol–water partition coefficient (Wildman–Crippen LogP) is 5.63. The van der Waals surface area contributed by atoms with Crippen molar-refractivity contribution in [1.29, 1.82) is 0 Å². The van der Waals surface area contributed by atoms with Gasteiger partial charge in [-0.3, -0.25) is 4.90 Å². The highest BCUT2D eigenvalue weighted by Crippen LogP contribution is 2.65. The lowest BCUT2D eigenvalue weighted by Gasteiger charge is -2.32. The molecule has 2 N–H and O–H groups in total. The van der Waals surface area contributed by atoms with E-state index in [1.807, 2.05) is 12.1 Å². The summed E-state index contributed by atoms with van der Waals surface area (Å²) in [5.74, 6) is -1.11. The van der Waals surface area contributed by atoms with Crippen molar-refractivity contribution in [3.8, 4) is 0 Å². The third-order valence-corrected chi connectivity index (χ3v) is 8.47. The quantitative estimate of drug-likeness (QED) is 0.443. The summed E-state index contributed by atoms with van der Waals surface area (Å²) in [6.45, 7) is 2.23. The molecule has 0 spiro atoms. The second kappa shape index (κ2) is 9.61.